The molecule has 0 saturated heterocycles. The monoisotopic (exact) mass is 523 g/mol. The van der Waals surface area contributed by atoms with Gasteiger partial charge in [0.25, 0.3) is 5.91 Å². The number of fused-ring (bicyclic) bond motifs is 3. The number of Topliss-reactive ketones (excluding diaryl/α,β-unsaturated/α-hetero) is 2. The van der Waals surface area contributed by atoms with Crippen molar-refractivity contribution in [1.82, 2.24) is 4.90 Å². The van der Waals surface area contributed by atoms with E-state index in [0.29, 0.717) is 16.9 Å². The third-order valence-electron chi connectivity index (χ3n) is 7.68. The van der Waals surface area contributed by atoms with Crippen LogP contribution in [-0.4, -0.2) is 80.0 Å². The summed E-state index contributed by atoms with van der Waals surface area (Å²) in [7, 11) is 3.07. The minimum Gasteiger partial charge on any atom is -0.508 e. The molecule has 0 unspecified atom stereocenters. The van der Waals surface area contributed by atoms with Gasteiger partial charge in [0.15, 0.2) is 11.4 Å². The molecule has 12 heteroatoms. The van der Waals surface area contributed by atoms with Gasteiger partial charge in [-0.3, -0.25) is 19.3 Å². The Kier molecular flexibility index (Phi) is 5.69. The molecule has 0 bridgehead atoms. The number of ketones is 2. The molecule has 0 spiro atoms. The van der Waals surface area contributed by atoms with E-state index in [2.05, 4.69) is 5.16 Å². The number of nitrogens with zero attached hydrogens (tertiary/aromatic N) is 2. The van der Waals surface area contributed by atoms with E-state index in [1.807, 2.05) is 0 Å². The number of amides is 1. The molecule has 4 atom stereocenters. The molecule has 1 aromatic heterocycles. The summed E-state index contributed by atoms with van der Waals surface area (Å²) in [5.74, 6) is -6.54. The zero-order valence-corrected chi connectivity index (χ0v) is 20.4. The first-order chi connectivity index (χ1) is 17.9. The highest BCUT2D eigenvalue weighted by molar-refractivity contribution is 6.24. The van der Waals surface area contributed by atoms with Crippen LogP contribution in [0.2, 0.25) is 0 Å². The lowest BCUT2D eigenvalue weighted by molar-refractivity contribution is -0.153. The van der Waals surface area contributed by atoms with Gasteiger partial charge >= 0.3 is 0 Å². The van der Waals surface area contributed by atoms with Crippen LogP contribution in [0, 0.1) is 11.8 Å². The number of phenolic OH excluding ortho intramolecular Hbond substituents is 1. The van der Waals surface area contributed by atoms with Gasteiger partial charge in [0.1, 0.15) is 40.6 Å². The predicted molar refractivity (Wildman–Crippen MR) is 131 cm³/mol. The molecule has 1 amide bonds. The summed E-state index contributed by atoms with van der Waals surface area (Å²) in [6, 6.07) is 4.89. The first-order valence-corrected chi connectivity index (χ1v) is 11.7. The lowest BCUT2D eigenvalue weighted by Gasteiger charge is -2.50. The molecule has 1 aromatic carbocycles. The summed E-state index contributed by atoms with van der Waals surface area (Å²) in [5.41, 5.74) is 2.43. The number of rotatable bonds is 4. The molecule has 2 aromatic rings. The molecule has 0 aliphatic heterocycles. The maximum Gasteiger partial charge on any atom is 0.255 e. The molecule has 3 aliphatic carbocycles. The Hall–Kier alpha value is -4.42. The van der Waals surface area contributed by atoms with Crippen molar-refractivity contribution in [2.75, 3.05) is 14.1 Å². The van der Waals surface area contributed by atoms with Gasteiger partial charge in [0.2, 0.25) is 5.78 Å². The molecule has 3 aliphatic rings. The summed E-state index contributed by atoms with van der Waals surface area (Å²) in [6.07, 6.45) is 1.18. The van der Waals surface area contributed by atoms with Crippen LogP contribution in [-0.2, 0) is 20.8 Å². The van der Waals surface area contributed by atoms with E-state index in [4.69, 9.17) is 15.4 Å². The maximum atomic E-state index is 13.8. The topological polar surface area (TPSA) is 207 Å². The van der Waals surface area contributed by atoms with Gasteiger partial charge in [-0.25, -0.2) is 0 Å². The molecule has 38 heavy (non-hydrogen) atoms. The summed E-state index contributed by atoms with van der Waals surface area (Å²) >= 11 is 0. The van der Waals surface area contributed by atoms with Crippen LogP contribution in [0.5, 0.6) is 5.75 Å². The largest absolute Gasteiger partial charge is 0.508 e. The Balaban J connectivity index is 1.72. The summed E-state index contributed by atoms with van der Waals surface area (Å²) in [6.45, 7) is 0. The average Bonchev–Trinajstić information content (AvgIpc) is 3.29. The molecular formula is C26H25N3O9. The standard InChI is InChI=1S/C26H25N3O9/c1-29(2)20-14-8-10-7-13-12(16-6-3-11(38-16)9-28-37)4-5-15(30)18(13)21(31)17(10)23(33)26(14,36)24(34)19(22(20)32)25(27)35/h3-6,9-10,14,20,30-31,34,36-37H,7-8H2,1-2H3,(H2,27,35)/b28-9+/t10-,14+,20+,26-/m1/s1. The van der Waals surface area contributed by atoms with E-state index in [0.717, 1.165) is 6.21 Å². The summed E-state index contributed by atoms with van der Waals surface area (Å²) < 4.78 is 5.69. The summed E-state index contributed by atoms with van der Waals surface area (Å²) in [5, 5.41) is 56.2. The molecule has 0 radical (unpaired) electrons. The number of furan rings is 1. The van der Waals surface area contributed by atoms with Crippen molar-refractivity contribution in [3.8, 4) is 17.1 Å². The molecule has 198 valence electrons. The number of aliphatic hydroxyl groups excluding tert-OH is 2. The minimum atomic E-state index is -2.70. The minimum absolute atomic E-state index is 0.0264. The number of carbonyl (C=O) groups excluding carboxylic acids is 3. The predicted octanol–water partition coefficient (Wildman–Crippen LogP) is 1.03. The van der Waals surface area contributed by atoms with Crippen molar-refractivity contribution in [2.45, 2.75) is 24.5 Å². The first-order valence-electron chi connectivity index (χ1n) is 11.7. The number of hydrogen-bond donors (Lipinski definition) is 6. The zero-order chi connectivity index (χ0) is 27.7. The number of benzene rings is 1. The second-order valence-corrected chi connectivity index (χ2v) is 9.89. The fraction of sp³-hybridized carbons (Fsp3) is 0.308. The third-order valence-corrected chi connectivity index (χ3v) is 7.68. The maximum absolute atomic E-state index is 13.8. The number of aromatic hydroxyl groups is 1. The number of nitrogens with two attached hydrogens (primary N) is 1. The van der Waals surface area contributed by atoms with E-state index >= 15 is 0 Å². The van der Waals surface area contributed by atoms with Crippen molar-refractivity contribution in [3.63, 3.8) is 0 Å². The highest BCUT2D eigenvalue weighted by Gasteiger charge is 2.64. The summed E-state index contributed by atoms with van der Waals surface area (Å²) in [4.78, 5) is 40.5. The Morgan fingerprint density at radius 3 is 2.53 bits per heavy atom. The Labute approximate surface area is 215 Å². The number of oxime groups is 1. The van der Waals surface area contributed by atoms with Gasteiger partial charge in [0, 0.05) is 17.1 Å². The Bertz CT molecular complexity index is 1500. The molecule has 1 fully saturated rings. The molecule has 1 heterocycles. The van der Waals surface area contributed by atoms with Crippen molar-refractivity contribution in [3.05, 3.63) is 58.1 Å². The number of likely N-dealkylation sites (N-methyl/N-ethyl adjacent to an activating group) is 1. The van der Waals surface area contributed by atoms with E-state index in [1.165, 1.54) is 25.1 Å². The van der Waals surface area contributed by atoms with Crippen molar-refractivity contribution < 1.29 is 44.4 Å². The van der Waals surface area contributed by atoms with E-state index < -0.39 is 58.0 Å². The average molecular weight is 523 g/mol. The molecular weight excluding hydrogens is 498 g/mol. The lowest BCUT2D eigenvalue weighted by Crippen LogP contribution is -2.65. The van der Waals surface area contributed by atoms with Crippen LogP contribution in [0.3, 0.4) is 0 Å². The fourth-order valence-electron chi connectivity index (χ4n) is 6.10. The Morgan fingerprint density at radius 2 is 1.89 bits per heavy atom. The van der Waals surface area contributed by atoms with Crippen LogP contribution in [0.4, 0.5) is 0 Å². The molecule has 1 saturated carbocycles. The van der Waals surface area contributed by atoms with Crippen molar-refractivity contribution >= 4 is 29.4 Å². The van der Waals surface area contributed by atoms with Gasteiger partial charge in [-0.05, 0) is 62.7 Å². The lowest BCUT2D eigenvalue weighted by atomic mass is 9.57. The molecule has 7 N–H and O–H groups in total. The van der Waals surface area contributed by atoms with Crippen molar-refractivity contribution in [2.24, 2.45) is 22.7 Å². The molecule has 5 rings (SSSR count). The van der Waals surface area contributed by atoms with E-state index in [1.54, 1.807) is 18.2 Å². The van der Waals surface area contributed by atoms with E-state index in [-0.39, 0.29) is 35.5 Å². The highest BCUT2D eigenvalue weighted by atomic mass is 16.4. The van der Waals surface area contributed by atoms with E-state index in [9.17, 15) is 34.8 Å². The van der Waals surface area contributed by atoms with Gasteiger partial charge in [-0.1, -0.05) is 5.16 Å². The zero-order valence-electron chi connectivity index (χ0n) is 20.4. The van der Waals surface area contributed by atoms with Gasteiger partial charge in [0.05, 0.1) is 11.6 Å². The normalized spacial score (nSPS) is 27.1. The smallest absolute Gasteiger partial charge is 0.255 e. The highest BCUT2D eigenvalue weighted by Crippen LogP contribution is 2.53. The van der Waals surface area contributed by atoms with Crippen LogP contribution in [0.25, 0.3) is 17.1 Å². The van der Waals surface area contributed by atoms with Crippen molar-refractivity contribution in [1.29, 1.82) is 0 Å². The van der Waals surface area contributed by atoms with Crippen LogP contribution in [0.1, 0.15) is 23.3 Å². The second-order valence-electron chi connectivity index (χ2n) is 9.89. The quantitative estimate of drug-likeness (QED) is 0.145. The van der Waals surface area contributed by atoms with Gasteiger partial charge in [-0.2, -0.15) is 0 Å². The number of carbonyl (C=O) groups is 3. The number of phenols is 1. The first kappa shape index (κ1) is 25.2. The SMILES string of the molecule is CN(C)[C@@H]1C(=O)C(C(N)=O)=C(O)[C@]2(O)C(=O)C3=C(O)c4c(O)ccc(-c5ccc(/C=N/O)o5)c4C[C@@H]3C[C@@H]12. The van der Waals surface area contributed by atoms with Crippen LogP contribution < -0.4 is 5.73 Å². The van der Waals surface area contributed by atoms with Gasteiger partial charge in [-0.15, -0.1) is 0 Å². The Morgan fingerprint density at radius 1 is 1.18 bits per heavy atom. The van der Waals surface area contributed by atoms with Crippen LogP contribution >= 0.6 is 0 Å². The number of primary amides is 1. The number of hydrogen-bond acceptors (Lipinski definition) is 11. The third kappa shape index (κ3) is 3.30. The van der Waals surface area contributed by atoms with Crippen LogP contribution in [0.15, 0.2) is 50.7 Å². The second kappa shape index (κ2) is 8.57. The fourth-order valence-corrected chi connectivity index (χ4v) is 6.10. The van der Waals surface area contributed by atoms with Gasteiger partial charge < -0.3 is 35.8 Å². The number of aliphatic hydroxyl groups is 3. The molecule has 12 nitrogen and oxygen atoms in total.